The van der Waals surface area contributed by atoms with Crippen molar-refractivity contribution in [2.24, 2.45) is 0 Å². The minimum Gasteiger partial charge on any atom is -0.486 e. The minimum atomic E-state index is -0.246. The molecule has 0 aliphatic heterocycles. The summed E-state index contributed by atoms with van der Waals surface area (Å²) in [6.07, 6.45) is 5.56. The average Bonchev–Trinajstić information content (AvgIpc) is 3.02. The Morgan fingerprint density at radius 2 is 2.08 bits per heavy atom. The van der Waals surface area contributed by atoms with Crippen LogP contribution in [-0.2, 0) is 13.0 Å². The zero-order valence-electron chi connectivity index (χ0n) is 14.8. The normalized spacial score (nSPS) is 11.8. The number of amides is 1. The van der Waals surface area contributed by atoms with Gasteiger partial charge in [0.15, 0.2) is 5.76 Å². The number of carbonyl (C=O) groups is 1. The number of benzene rings is 1. The van der Waals surface area contributed by atoms with Crippen LogP contribution >= 0.6 is 0 Å². The van der Waals surface area contributed by atoms with Crippen LogP contribution in [0.3, 0.4) is 0 Å². The zero-order valence-corrected chi connectivity index (χ0v) is 14.8. The van der Waals surface area contributed by atoms with Crippen LogP contribution in [0.4, 0.5) is 0 Å². The van der Waals surface area contributed by atoms with Crippen LogP contribution in [0.25, 0.3) is 0 Å². The second kappa shape index (κ2) is 8.29. The topological polar surface area (TPSA) is 77.2 Å². The molecule has 0 unspecified atom stereocenters. The van der Waals surface area contributed by atoms with Crippen molar-refractivity contribution < 1.29 is 13.9 Å². The van der Waals surface area contributed by atoms with Crippen molar-refractivity contribution in [2.45, 2.75) is 32.9 Å². The van der Waals surface area contributed by atoms with Crippen LogP contribution < -0.4 is 10.1 Å². The molecule has 0 bridgehead atoms. The summed E-state index contributed by atoms with van der Waals surface area (Å²) < 4.78 is 11.3. The third kappa shape index (κ3) is 4.69. The maximum atomic E-state index is 12.5. The number of aryl methyl sites for hydroxylation is 1. The second-order valence-electron chi connectivity index (χ2n) is 6.10. The van der Waals surface area contributed by atoms with E-state index < -0.39 is 0 Å². The Balaban J connectivity index is 1.58. The number of ether oxygens (including phenoxy) is 1. The molecular formula is C20H21N3O3. The first kappa shape index (κ1) is 17.7. The molecule has 1 atom stereocenters. The SMILES string of the molecule is Cc1cc(COc2ccccc2)oc1C(=O)N[C@H](C)Cc1cnccn1. The fourth-order valence-electron chi connectivity index (χ4n) is 2.61. The molecule has 2 heterocycles. The van der Waals surface area contributed by atoms with Gasteiger partial charge in [-0.3, -0.25) is 14.8 Å². The average molecular weight is 351 g/mol. The number of hydrogen-bond donors (Lipinski definition) is 1. The summed E-state index contributed by atoms with van der Waals surface area (Å²) in [5, 5.41) is 2.93. The Morgan fingerprint density at radius 3 is 2.81 bits per heavy atom. The van der Waals surface area contributed by atoms with Gasteiger partial charge in [0.2, 0.25) is 0 Å². The summed E-state index contributed by atoms with van der Waals surface area (Å²) in [4.78, 5) is 20.7. The molecule has 6 heteroatoms. The number of hydrogen-bond acceptors (Lipinski definition) is 5. The number of para-hydroxylation sites is 1. The lowest BCUT2D eigenvalue weighted by Gasteiger charge is -2.12. The standard InChI is InChI=1S/C20H21N3O3/c1-14-10-18(13-25-17-6-4-3-5-7-17)26-19(14)20(24)23-15(2)11-16-12-21-8-9-22-16/h3-10,12,15H,11,13H2,1-2H3,(H,23,24)/t15-/m1/s1. The Hall–Kier alpha value is -3.15. The van der Waals surface area contributed by atoms with Gasteiger partial charge in [0.05, 0.1) is 5.69 Å². The van der Waals surface area contributed by atoms with Crippen molar-refractivity contribution in [2.75, 3.05) is 0 Å². The van der Waals surface area contributed by atoms with Gasteiger partial charge in [-0.15, -0.1) is 0 Å². The summed E-state index contributed by atoms with van der Waals surface area (Å²) in [6, 6.07) is 11.2. The molecule has 0 aliphatic carbocycles. The smallest absolute Gasteiger partial charge is 0.287 e. The second-order valence-corrected chi connectivity index (χ2v) is 6.10. The third-order valence-corrected chi connectivity index (χ3v) is 3.81. The highest BCUT2D eigenvalue weighted by Crippen LogP contribution is 2.18. The van der Waals surface area contributed by atoms with E-state index in [9.17, 15) is 4.79 Å². The highest BCUT2D eigenvalue weighted by molar-refractivity contribution is 5.93. The quantitative estimate of drug-likeness (QED) is 0.706. The molecular weight excluding hydrogens is 330 g/mol. The van der Waals surface area contributed by atoms with E-state index in [2.05, 4.69) is 15.3 Å². The third-order valence-electron chi connectivity index (χ3n) is 3.81. The van der Waals surface area contributed by atoms with Crippen molar-refractivity contribution >= 4 is 5.91 Å². The molecule has 0 fully saturated rings. The molecule has 6 nitrogen and oxygen atoms in total. The van der Waals surface area contributed by atoms with Gasteiger partial charge in [0.25, 0.3) is 5.91 Å². The van der Waals surface area contributed by atoms with Gasteiger partial charge in [-0.1, -0.05) is 18.2 Å². The molecule has 134 valence electrons. The van der Waals surface area contributed by atoms with Crippen LogP contribution in [0.15, 0.2) is 59.4 Å². The number of nitrogens with zero attached hydrogens (tertiary/aromatic N) is 2. The van der Waals surface area contributed by atoms with E-state index in [-0.39, 0.29) is 18.6 Å². The van der Waals surface area contributed by atoms with Gasteiger partial charge < -0.3 is 14.5 Å². The maximum Gasteiger partial charge on any atom is 0.287 e. The maximum absolute atomic E-state index is 12.5. The van der Waals surface area contributed by atoms with Crippen LogP contribution in [0.1, 0.15) is 34.5 Å². The van der Waals surface area contributed by atoms with Gasteiger partial charge in [0, 0.05) is 36.6 Å². The van der Waals surface area contributed by atoms with Crippen molar-refractivity contribution in [1.82, 2.24) is 15.3 Å². The van der Waals surface area contributed by atoms with E-state index in [1.807, 2.05) is 50.2 Å². The highest BCUT2D eigenvalue weighted by Gasteiger charge is 2.18. The van der Waals surface area contributed by atoms with E-state index in [0.29, 0.717) is 17.9 Å². The molecule has 0 spiro atoms. The fraction of sp³-hybridized carbons (Fsp3) is 0.250. The molecule has 26 heavy (non-hydrogen) atoms. The Bertz CT molecular complexity index is 847. The van der Waals surface area contributed by atoms with Gasteiger partial charge in [-0.05, 0) is 32.0 Å². The molecule has 0 aliphatic rings. The van der Waals surface area contributed by atoms with Gasteiger partial charge in [-0.2, -0.15) is 0 Å². The number of aromatic nitrogens is 2. The van der Waals surface area contributed by atoms with Crippen molar-refractivity contribution in [3.8, 4) is 5.75 Å². The van der Waals surface area contributed by atoms with Crippen molar-refractivity contribution in [3.63, 3.8) is 0 Å². The largest absolute Gasteiger partial charge is 0.486 e. The van der Waals surface area contributed by atoms with Crippen molar-refractivity contribution in [1.29, 1.82) is 0 Å². The van der Waals surface area contributed by atoms with E-state index in [0.717, 1.165) is 17.0 Å². The first-order valence-corrected chi connectivity index (χ1v) is 8.44. The summed E-state index contributed by atoms with van der Waals surface area (Å²) in [5.41, 5.74) is 1.61. The first-order valence-electron chi connectivity index (χ1n) is 8.44. The summed E-state index contributed by atoms with van der Waals surface area (Å²) in [5.74, 6) is 1.43. The molecule has 3 rings (SSSR count). The van der Waals surface area contributed by atoms with E-state index in [1.165, 1.54) is 0 Å². The molecule has 1 amide bonds. The molecule has 1 N–H and O–H groups in total. The fourth-order valence-corrected chi connectivity index (χ4v) is 2.61. The van der Waals surface area contributed by atoms with Gasteiger partial charge in [0.1, 0.15) is 18.1 Å². The summed E-state index contributed by atoms with van der Waals surface area (Å²) >= 11 is 0. The van der Waals surface area contributed by atoms with E-state index in [4.69, 9.17) is 9.15 Å². The lowest BCUT2D eigenvalue weighted by molar-refractivity contribution is 0.0907. The van der Waals surface area contributed by atoms with E-state index >= 15 is 0 Å². The highest BCUT2D eigenvalue weighted by atomic mass is 16.5. The minimum absolute atomic E-state index is 0.0901. The summed E-state index contributed by atoms with van der Waals surface area (Å²) in [7, 11) is 0. The van der Waals surface area contributed by atoms with Crippen LogP contribution in [0.5, 0.6) is 5.75 Å². The molecule has 1 aromatic carbocycles. The molecule has 3 aromatic rings. The van der Waals surface area contributed by atoms with Crippen LogP contribution in [0, 0.1) is 6.92 Å². The zero-order chi connectivity index (χ0) is 18.4. The number of carbonyl (C=O) groups excluding carboxylic acids is 1. The molecule has 2 aromatic heterocycles. The number of rotatable bonds is 7. The first-order chi connectivity index (χ1) is 12.6. The van der Waals surface area contributed by atoms with Gasteiger partial charge in [-0.25, -0.2) is 0 Å². The van der Waals surface area contributed by atoms with E-state index in [1.54, 1.807) is 18.6 Å². The predicted octanol–water partition coefficient (Wildman–Crippen LogP) is 3.32. The predicted molar refractivity (Wildman–Crippen MR) is 96.9 cm³/mol. The lowest BCUT2D eigenvalue weighted by Crippen LogP contribution is -2.34. The molecule has 0 saturated heterocycles. The van der Waals surface area contributed by atoms with Crippen LogP contribution in [-0.4, -0.2) is 21.9 Å². The number of nitrogens with one attached hydrogen (secondary N) is 1. The Morgan fingerprint density at radius 1 is 1.27 bits per heavy atom. The lowest BCUT2D eigenvalue weighted by atomic mass is 10.1. The number of furan rings is 1. The summed E-state index contributed by atoms with van der Waals surface area (Å²) in [6.45, 7) is 4.04. The Kier molecular flexibility index (Phi) is 5.63. The Labute approximate surface area is 152 Å². The molecule has 0 radical (unpaired) electrons. The van der Waals surface area contributed by atoms with Gasteiger partial charge >= 0.3 is 0 Å². The van der Waals surface area contributed by atoms with Crippen molar-refractivity contribution in [3.05, 3.63) is 77.8 Å². The monoisotopic (exact) mass is 351 g/mol. The van der Waals surface area contributed by atoms with Crippen LogP contribution in [0.2, 0.25) is 0 Å². The molecule has 0 saturated carbocycles.